The first-order valence-electron chi connectivity index (χ1n) is 19.8. The van der Waals surface area contributed by atoms with E-state index in [0.717, 1.165) is 27.9 Å². The molecule has 312 valence electrons. The van der Waals surface area contributed by atoms with Crippen molar-refractivity contribution in [3.8, 4) is 11.1 Å². The second-order valence-corrected chi connectivity index (χ2v) is 15.5. The van der Waals surface area contributed by atoms with Gasteiger partial charge in [-0.2, -0.15) is 0 Å². The summed E-state index contributed by atoms with van der Waals surface area (Å²) >= 11 is 0. The molecule has 0 aromatic heterocycles. The van der Waals surface area contributed by atoms with Gasteiger partial charge in [0.25, 0.3) is 5.91 Å². The monoisotopic (exact) mass is 826 g/mol. The molecule has 4 atom stereocenters. The van der Waals surface area contributed by atoms with Crippen molar-refractivity contribution < 1.29 is 46.1 Å². The molecule has 0 bridgehead atoms. The van der Waals surface area contributed by atoms with E-state index in [-0.39, 0.29) is 37.2 Å². The molecule has 3 aliphatic rings. The second-order valence-electron chi connectivity index (χ2n) is 15.5. The fraction of sp³-hybridized carbons (Fsp3) is 0.304. The van der Waals surface area contributed by atoms with Crippen LogP contribution in [0.3, 0.4) is 0 Å². The summed E-state index contributed by atoms with van der Waals surface area (Å²) in [7, 11) is 0. The van der Waals surface area contributed by atoms with Crippen molar-refractivity contribution >= 4 is 17.5 Å². The second kappa shape index (κ2) is 17.1. The Morgan fingerprint density at radius 2 is 1.42 bits per heavy atom. The molecular weight excluding hydrogens is 784 g/mol. The quantitative estimate of drug-likeness (QED) is 0.0755. The number of para-hydroxylation sites is 1. The molecule has 2 amide bonds. The highest BCUT2D eigenvalue weighted by atomic mass is 19.2. The Kier molecular flexibility index (Phi) is 11.7. The van der Waals surface area contributed by atoms with E-state index >= 15 is 0 Å². The average molecular weight is 827 g/mol. The Bertz CT molecular complexity index is 2330. The highest BCUT2D eigenvalue weighted by molar-refractivity contribution is 5.95. The Balaban J connectivity index is 0.996. The zero-order chi connectivity index (χ0) is 42.1. The molecule has 5 aromatic rings. The maximum atomic E-state index is 14.3. The maximum Gasteiger partial charge on any atom is 0.257 e. The van der Waals surface area contributed by atoms with Crippen molar-refractivity contribution in [1.82, 2.24) is 15.5 Å². The van der Waals surface area contributed by atoms with Gasteiger partial charge in [0, 0.05) is 43.3 Å². The van der Waals surface area contributed by atoms with E-state index in [2.05, 4.69) is 27.4 Å². The molecule has 0 saturated carbocycles. The number of nitrogens with one attached hydrogen (secondary N) is 2. The lowest BCUT2D eigenvalue weighted by Crippen LogP contribution is -2.57. The van der Waals surface area contributed by atoms with Gasteiger partial charge in [-0.25, -0.2) is 22.0 Å². The normalized spacial score (nSPS) is 21.6. The number of carbonyl (C=O) groups is 2. The van der Waals surface area contributed by atoms with E-state index in [1.165, 1.54) is 0 Å². The van der Waals surface area contributed by atoms with Gasteiger partial charge >= 0.3 is 0 Å². The summed E-state index contributed by atoms with van der Waals surface area (Å²) in [6, 6.07) is 32.0. The van der Waals surface area contributed by atoms with Crippen molar-refractivity contribution in [3.05, 3.63) is 160 Å². The number of anilines is 1. The fourth-order valence-corrected chi connectivity index (χ4v) is 8.56. The van der Waals surface area contributed by atoms with E-state index in [1.54, 1.807) is 24.3 Å². The third-order valence-corrected chi connectivity index (χ3v) is 12.0. The Labute approximate surface area is 343 Å². The minimum Gasteiger partial charge on any atom is -0.392 e. The third kappa shape index (κ3) is 7.76. The number of rotatable bonds is 10. The summed E-state index contributed by atoms with van der Waals surface area (Å²) in [5, 5.41) is 15.0. The number of aliphatic hydroxyl groups is 1. The first-order chi connectivity index (χ1) is 29.0. The van der Waals surface area contributed by atoms with Crippen LogP contribution in [0, 0.1) is 35.0 Å². The van der Waals surface area contributed by atoms with Crippen molar-refractivity contribution in [2.75, 3.05) is 31.2 Å². The lowest BCUT2D eigenvalue weighted by molar-refractivity contribution is -0.276. The van der Waals surface area contributed by atoms with Gasteiger partial charge in [-0.3, -0.25) is 9.59 Å². The van der Waals surface area contributed by atoms with Crippen LogP contribution < -0.4 is 15.5 Å². The number of halogens is 5. The summed E-state index contributed by atoms with van der Waals surface area (Å²) in [5.41, 5.74) is 3.19. The van der Waals surface area contributed by atoms with Crippen LogP contribution in [0.25, 0.3) is 11.1 Å². The molecule has 0 radical (unpaired) electrons. The number of piperidine rings is 1. The van der Waals surface area contributed by atoms with Gasteiger partial charge in [0.2, 0.25) is 11.7 Å². The van der Waals surface area contributed by atoms with Gasteiger partial charge in [0.05, 0.1) is 25.5 Å². The van der Waals surface area contributed by atoms with E-state index in [1.807, 2.05) is 78.9 Å². The minimum atomic E-state index is -2.34. The molecule has 60 heavy (non-hydrogen) atoms. The van der Waals surface area contributed by atoms with Crippen LogP contribution in [0.15, 0.2) is 103 Å². The molecule has 14 heteroatoms. The number of carbonyl (C=O) groups excluding carboxylic acids is 2. The molecule has 5 aromatic carbocycles. The van der Waals surface area contributed by atoms with Crippen molar-refractivity contribution in [3.63, 3.8) is 0 Å². The first-order valence-corrected chi connectivity index (χ1v) is 19.8. The third-order valence-electron chi connectivity index (χ3n) is 12.0. The number of ether oxygens (including phenoxy) is 2. The summed E-state index contributed by atoms with van der Waals surface area (Å²) < 4.78 is 83.3. The number of likely N-dealkylation sites (tertiary alicyclic amines) is 1. The van der Waals surface area contributed by atoms with Crippen LogP contribution in [0.2, 0.25) is 0 Å². The van der Waals surface area contributed by atoms with Crippen LogP contribution in [0.5, 0.6) is 0 Å². The topological polar surface area (TPSA) is 103 Å². The lowest BCUT2D eigenvalue weighted by atomic mass is 9.84. The smallest absolute Gasteiger partial charge is 0.257 e. The molecule has 8 rings (SSSR count). The Hall–Kier alpha value is -5.67. The van der Waals surface area contributed by atoms with Crippen molar-refractivity contribution in [2.45, 2.75) is 57.0 Å². The molecule has 4 unspecified atom stereocenters. The van der Waals surface area contributed by atoms with Gasteiger partial charge in [0.1, 0.15) is 11.1 Å². The number of amides is 2. The summed E-state index contributed by atoms with van der Waals surface area (Å²) in [5.74, 6) is -12.6. The molecule has 3 fully saturated rings. The SMILES string of the molecule is CC1C(CN2CCC3(CC2)C(=O)NCN3c2ccccc2)OC(c2ccc(-c3ccccc3CNC(=O)c3c(F)c(F)c(F)c(F)c3F)cc2)OC1c1ccc(CO)cc1. The van der Waals surface area contributed by atoms with Gasteiger partial charge in [-0.15, -0.1) is 0 Å². The number of hydrogen-bond acceptors (Lipinski definition) is 7. The fourth-order valence-electron chi connectivity index (χ4n) is 8.56. The Morgan fingerprint density at radius 1 is 0.800 bits per heavy atom. The zero-order valence-electron chi connectivity index (χ0n) is 32.6. The molecule has 3 aliphatic heterocycles. The summed E-state index contributed by atoms with van der Waals surface area (Å²) in [4.78, 5) is 30.6. The number of benzene rings is 5. The van der Waals surface area contributed by atoms with E-state index < -0.39 is 52.4 Å². The molecule has 9 nitrogen and oxygen atoms in total. The van der Waals surface area contributed by atoms with E-state index in [4.69, 9.17) is 9.47 Å². The molecule has 3 N–H and O–H groups in total. The predicted octanol–water partition coefficient (Wildman–Crippen LogP) is 7.69. The standard InChI is InChI=1S/C46H43F5N4O5/c1-27-35(24-54-21-19-46(20-22-54)45(58)53-26-55(46)33-8-3-2-4-9-33)59-44(60-42(27)30-13-11-28(25-56)12-14-30)31-17-15-29(16-18-31)34-10-6-5-7-32(34)23-52-43(57)36-37(47)39(49)41(51)40(50)38(36)48/h2-18,27,35,42,44,56H,19-26H2,1H3,(H,52,57)(H,53,58). The van der Waals surface area contributed by atoms with E-state index in [0.29, 0.717) is 50.3 Å². The minimum absolute atomic E-state index is 0.0492. The summed E-state index contributed by atoms with van der Waals surface area (Å²) in [6.45, 7) is 4.21. The van der Waals surface area contributed by atoms with Gasteiger partial charge in [-0.1, -0.05) is 97.9 Å². The van der Waals surface area contributed by atoms with Gasteiger partial charge in [0.15, 0.2) is 29.6 Å². The largest absolute Gasteiger partial charge is 0.392 e. The van der Waals surface area contributed by atoms with Crippen LogP contribution in [0.4, 0.5) is 27.6 Å². The van der Waals surface area contributed by atoms with Crippen molar-refractivity contribution in [2.24, 2.45) is 5.92 Å². The molecule has 3 saturated heterocycles. The Morgan fingerprint density at radius 3 is 2.08 bits per heavy atom. The van der Waals surface area contributed by atoms with Crippen molar-refractivity contribution in [1.29, 1.82) is 0 Å². The van der Waals surface area contributed by atoms with Crippen LogP contribution in [-0.4, -0.2) is 59.8 Å². The summed E-state index contributed by atoms with van der Waals surface area (Å²) in [6.07, 6.45) is -0.0584. The number of hydrogen-bond donors (Lipinski definition) is 3. The predicted molar refractivity (Wildman–Crippen MR) is 213 cm³/mol. The highest BCUT2D eigenvalue weighted by Crippen LogP contribution is 2.43. The van der Waals surface area contributed by atoms with E-state index in [9.17, 15) is 36.6 Å². The van der Waals surface area contributed by atoms with Gasteiger partial charge < -0.3 is 35.0 Å². The number of nitrogens with zero attached hydrogens (tertiary/aromatic N) is 2. The van der Waals surface area contributed by atoms with Crippen LogP contribution in [0.1, 0.15) is 64.8 Å². The molecular formula is C46H43F5N4O5. The lowest BCUT2D eigenvalue weighted by Gasteiger charge is -2.46. The van der Waals surface area contributed by atoms with Crippen LogP contribution >= 0.6 is 0 Å². The molecule has 0 aliphatic carbocycles. The highest BCUT2D eigenvalue weighted by Gasteiger charge is 2.51. The van der Waals surface area contributed by atoms with Crippen LogP contribution in [-0.2, 0) is 27.4 Å². The number of aliphatic hydroxyl groups excluding tert-OH is 1. The zero-order valence-corrected chi connectivity index (χ0v) is 32.6. The first kappa shape index (κ1) is 41.1. The van der Waals surface area contributed by atoms with Gasteiger partial charge in [-0.05, 0) is 52.8 Å². The average Bonchev–Trinajstić information content (AvgIpc) is 3.60. The molecule has 3 heterocycles. The molecule has 1 spiro atoms. The maximum absolute atomic E-state index is 14.3.